The van der Waals surface area contributed by atoms with E-state index in [-0.39, 0.29) is 23.3 Å². The van der Waals surface area contributed by atoms with Crippen LogP contribution in [0.2, 0.25) is 0 Å². The first kappa shape index (κ1) is 23.7. The number of benzene rings is 2. The van der Waals surface area contributed by atoms with Gasteiger partial charge in [0.05, 0.1) is 15.9 Å². The monoisotopic (exact) mass is 487 g/mol. The van der Waals surface area contributed by atoms with Crippen molar-refractivity contribution in [3.05, 3.63) is 75.9 Å². The SMILES string of the molecule is Cc1cccc(-c2sc(C)nc2C(=O)N2CC3CC3C2CNC(=O)c2ccc(C(C)(C)C)cc2)c1. The molecule has 0 spiro atoms. The molecule has 5 nitrogen and oxygen atoms in total. The maximum atomic E-state index is 13.7. The number of nitrogens with one attached hydrogen (secondary N) is 1. The second-order valence-corrected chi connectivity index (χ2v) is 12.2. The average molecular weight is 488 g/mol. The van der Waals surface area contributed by atoms with Crippen molar-refractivity contribution in [3.63, 3.8) is 0 Å². The van der Waals surface area contributed by atoms with Crippen LogP contribution in [0.1, 0.15) is 64.2 Å². The van der Waals surface area contributed by atoms with Crippen molar-refractivity contribution in [2.45, 2.75) is 52.5 Å². The maximum absolute atomic E-state index is 13.7. The Morgan fingerprint density at radius 3 is 2.54 bits per heavy atom. The first-order valence-corrected chi connectivity index (χ1v) is 13.2. The van der Waals surface area contributed by atoms with E-state index in [1.807, 2.05) is 48.2 Å². The van der Waals surface area contributed by atoms with Gasteiger partial charge in [0.25, 0.3) is 11.8 Å². The number of carbonyl (C=O) groups excluding carboxylic acids is 2. The molecule has 3 unspecified atom stereocenters. The molecule has 35 heavy (non-hydrogen) atoms. The fourth-order valence-electron chi connectivity index (χ4n) is 5.18. The molecule has 2 fully saturated rings. The van der Waals surface area contributed by atoms with Gasteiger partial charge in [-0.2, -0.15) is 0 Å². The van der Waals surface area contributed by atoms with Crippen molar-refractivity contribution < 1.29 is 9.59 Å². The minimum absolute atomic E-state index is 0.0117. The number of likely N-dealkylation sites (tertiary alicyclic amines) is 1. The van der Waals surface area contributed by atoms with Gasteiger partial charge in [-0.25, -0.2) is 4.98 Å². The number of carbonyl (C=O) groups is 2. The third-order valence-electron chi connectivity index (χ3n) is 7.27. The number of aryl methyl sites for hydroxylation is 2. The molecule has 2 aliphatic rings. The molecule has 5 rings (SSSR count). The molecule has 1 aliphatic heterocycles. The predicted octanol–water partition coefficient (Wildman–Crippen LogP) is 5.61. The van der Waals surface area contributed by atoms with E-state index in [0.717, 1.165) is 34.0 Å². The van der Waals surface area contributed by atoms with Crippen molar-refractivity contribution in [1.82, 2.24) is 15.2 Å². The summed E-state index contributed by atoms with van der Waals surface area (Å²) in [5.74, 6) is 0.887. The summed E-state index contributed by atoms with van der Waals surface area (Å²) in [7, 11) is 0. The van der Waals surface area contributed by atoms with Gasteiger partial charge in [0.1, 0.15) is 5.69 Å². The second kappa shape index (κ2) is 8.90. The summed E-state index contributed by atoms with van der Waals surface area (Å²) >= 11 is 1.57. The zero-order valence-electron chi connectivity index (χ0n) is 21.1. The van der Waals surface area contributed by atoms with Crippen LogP contribution < -0.4 is 5.32 Å². The van der Waals surface area contributed by atoms with Crippen molar-refractivity contribution in [2.24, 2.45) is 11.8 Å². The summed E-state index contributed by atoms with van der Waals surface area (Å²) in [5.41, 5.74) is 4.63. The Hall–Kier alpha value is -2.99. The molecular formula is C29H33N3O2S. The minimum Gasteiger partial charge on any atom is -0.350 e. The van der Waals surface area contributed by atoms with Gasteiger partial charge < -0.3 is 10.2 Å². The fraction of sp³-hybridized carbons (Fsp3) is 0.414. The molecule has 6 heteroatoms. The molecule has 2 aromatic carbocycles. The Labute approximate surface area is 211 Å². The quantitative estimate of drug-likeness (QED) is 0.508. The van der Waals surface area contributed by atoms with Crippen molar-refractivity contribution in [1.29, 1.82) is 0 Å². The molecule has 1 N–H and O–H groups in total. The van der Waals surface area contributed by atoms with Crippen LogP contribution in [0.15, 0.2) is 48.5 Å². The van der Waals surface area contributed by atoms with Crippen molar-refractivity contribution in [3.8, 4) is 10.4 Å². The number of nitrogens with zero attached hydrogens (tertiary/aromatic N) is 2. The number of thiazole rings is 1. The van der Waals surface area contributed by atoms with Gasteiger partial charge in [-0.05, 0) is 60.8 Å². The van der Waals surface area contributed by atoms with Crippen LogP contribution in [0.4, 0.5) is 0 Å². The molecule has 0 bridgehead atoms. The smallest absolute Gasteiger partial charge is 0.274 e. The lowest BCUT2D eigenvalue weighted by Gasteiger charge is -2.27. The number of piperidine rings is 1. The summed E-state index contributed by atoms with van der Waals surface area (Å²) in [6.45, 7) is 11.7. The summed E-state index contributed by atoms with van der Waals surface area (Å²) < 4.78 is 0. The molecular weight excluding hydrogens is 454 g/mol. The average Bonchev–Trinajstić information content (AvgIpc) is 3.33. The van der Waals surface area contributed by atoms with Crippen molar-refractivity contribution >= 4 is 23.2 Å². The van der Waals surface area contributed by atoms with Crippen LogP contribution >= 0.6 is 11.3 Å². The highest BCUT2D eigenvalue weighted by atomic mass is 32.1. The predicted molar refractivity (Wildman–Crippen MR) is 141 cm³/mol. The Morgan fingerprint density at radius 1 is 1.11 bits per heavy atom. The largest absolute Gasteiger partial charge is 0.350 e. The van der Waals surface area contributed by atoms with Crippen LogP contribution in [0, 0.1) is 25.7 Å². The molecule has 1 aliphatic carbocycles. The Balaban J connectivity index is 1.31. The lowest BCUT2D eigenvalue weighted by atomic mass is 9.87. The van der Waals surface area contributed by atoms with Crippen LogP contribution in [0.5, 0.6) is 0 Å². The van der Waals surface area contributed by atoms with E-state index in [9.17, 15) is 9.59 Å². The molecule has 2 heterocycles. The Bertz CT molecular complexity index is 1270. The Kier molecular flexibility index (Phi) is 6.04. The summed E-state index contributed by atoms with van der Waals surface area (Å²) in [4.78, 5) is 34.1. The lowest BCUT2D eigenvalue weighted by Crippen LogP contribution is -2.45. The lowest BCUT2D eigenvalue weighted by molar-refractivity contribution is 0.0690. The van der Waals surface area contributed by atoms with Crippen LogP contribution in [-0.2, 0) is 5.41 Å². The number of amides is 2. The van der Waals surface area contributed by atoms with Gasteiger partial charge >= 0.3 is 0 Å². The number of fused-ring (bicyclic) bond motifs is 1. The highest BCUT2D eigenvalue weighted by Gasteiger charge is 2.54. The van der Waals surface area contributed by atoms with Gasteiger partial charge in [-0.15, -0.1) is 11.3 Å². The summed E-state index contributed by atoms with van der Waals surface area (Å²) in [6, 6.07) is 16.1. The number of rotatable bonds is 5. The van der Waals surface area contributed by atoms with E-state index in [0.29, 0.717) is 29.6 Å². The van der Waals surface area contributed by atoms with E-state index in [1.165, 1.54) is 5.56 Å². The van der Waals surface area contributed by atoms with Crippen LogP contribution in [-0.4, -0.2) is 40.8 Å². The molecule has 3 atom stereocenters. The molecule has 3 aromatic rings. The molecule has 1 aromatic heterocycles. The normalized spacial score (nSPS) is 21.1. The zero-order valence-corrected chi connectivity index (χ0v) is 21.9. The first-order valence-electron chi connectivity index (χ1n) is 12.4. The Morgan fingerprint density at radius 2 is 1.86 bits per heavy atom. The highest BCUT2D eigenvalue weighted by molar-refractivity contribution is 7.15. The van der Waals surface area contributed by atoms with E-state index >= 15 is 0 Å². The topological polar surface area (TPSA) is 62.3 Å². The van der Waals surface area contributed by atoms with Gasteiger partial charge in [-0.1, -0.05) is 62.7 Å². The third-order valence-corrected chi connectivity index (χ3v) is 8.29. The van der Waals surface area contributed by atoms with Gasteiger partial charge in [0, 0.05) is 18.7 Å². The standard InChI is InChI=1S/C29H33N3O2S/c1-17-7-6-8-20(13-17)26-25(31-18(2)35-26)28(34)32-16-21-14-23(21)24(32)15-30-27(33)19-9-11-22(12-10-19)29(3,4)5/h6-13,21,23-24H,14-16H2,1-5H3,(H,30,33). The first-order chi connectivity index (χ1) is 16.6. The molecule has 182 valence electrons. The molecule has 1 saturated carbocycles. The maximum Gasteiger partial charge on any atom is 0.274 e. The van der Waals surface area contributed by atoms with Crippen molar-refractivity contribution in [2.75, 3.05) is 13.1 Å². The highest BCUT2D eigenvalue weighted by Crippen LogP contribution is 2.50. The van der Waals surface area contributed by atoms with Crippen LogP contribution in [0.3, 0.4) is 0 Å². The van der Waals surface area contributed by atoms with Gasteiger partial charge in [0.15, 0.2) is 0 Å². The molecule has 1 saturated heterocycles. The third kappa shape index (κ3) is 4.76. The number of aromatic nitrogens is 1. The number of hydrogen-bond donors (Lipinski definition) is 1. The fourth-order valence-corrected chi connectivity index (χ4v) is 6.08. The van der Waals surface area contributed by atoms with Crippen LogP contribution in [0.25, 0.3) is 10.4 Å². The summed E-state index contributed by atoms with van der Waals surface area (Å²) in [5, 5.41) is 3.99. The van der Waals surface area contributed by atoms with Gasteiger partial charge in [-0.3, -0.25) is 9.59 Å². The van der Waals surface area contributed by atoms with E-state index in [4.69, 9.17) is 0 Å². The van der Waals surface area contributed by atoms with E-state index in [2.05, 4.69) is 50.1 Å². The van der Waals surface area contributed by atoms with E-state index in [1.54, 1.807) is 11.3 Å². The van der Waals surface area contributed by atoms with Gasteiger partial charge in [0.2, 0.25) is 0 Å². The second-order valence-electron chi connectivity index (χ2n) is 11.0. The molecule has 0 radical (unpaired) electrons. The number of hydrogen-bond acceptors (Lipinski definition) is 4. The zero-order chi connectivity index (χ0) is 24.9. The minimum atomic E-state index is -0.0908. The summed E-state index contributed by atoms with van der Waals surface area (Å²) in [6.07, 6.45) is 1.13. The van der Waals surface area contributed by atoms with E-state index < -0.39 is 0 Å². The molecule has 2 amide bonds.